The lowest BCUT2D eigenvalue weighted by Gasteiger charge is -2.23. The van der Waals surface area contributed by atoms with Crippen molar-refractivity contribution in [1.29, 1.82) is 0 Å². The molecule has 1 unspecified atom stereocenters. The maximum Gasteiger partial charge on any atom is 0.229 e. The number of Topliss-reactive ketones (excluding diaryl/α,β-unsaturated/α-hetero) is 1. The van der Waals surface area contributed by atoms with Crippen LogP contribution >= 0.6 is 23.2 Å². The summed E-state index contributed by atoms with van der Waals surface area (Å²) < 4.78 is 23.9. The minimum Gasteiger partial charge on any atom is -0.310 e. The smallest absolute Gasteiger partial charge is 0.229 e. The highest BCUT2D eigenvalue weighted by atomic mass is 35.5. The first kappa shape index (κ1) is 26.3. The number of nitrogens with one attached hydrogen (secondary N) is 1. The summed E-state index contributed by atoms with van der Waals surface area (Å²) in [7, 11) is -3.28. The lowest BCUT2D eigenvalue weighted by molar-refractivity contribution is -0.115. The lowest BCUT2D eigenvalue weighted by atomic mass is 9.82. The van der Waals surface area contributed by atoms with Crippen LogP contribution in [0.25, 0.3) is 0 Å². The minimum atomic E-state index is -3.28. The van der Waals surface area contributed by atoms with Crippen molar-refractivity contribution < 1.29 is 18.0 Å². The molecule has 9 heteroatoms. The third kappa shape index (κ3) is 6.14. The fraction of sp³-hybridized carbons (Fsp3) is 0.296. The van der Waals surface area contributed by atoms with Gasteiger partial charge in [-0.3, -0.25) is 9.59 Å². The molecule has 0 aliphatic heterocycles. The molecule has 3 aromatic rings. The van der Waals surface area contributed by atoms with Crippen LogP contribution in [0.15, 0.2) is 59.5 Å². The Labute approximate surface area is 221 Å². The number of benzene rings is 2. The van der Waals surface area contributed by atoms with Gasteiger partial charge >= 0.3 is 0 Å². The predicted molar refractivity (Wildman–Crippen MR) is 142 cm³/mol. The number of rotatable bonds is 8. The standard InChI is InChI=1S/C27H26Cl2N2O4S/c1-2-36(34,35)21-10-3-17(4-11-21)15-26(32)31-25-14-12-22-24(30-25)13-8-19(27(22)33)6-5-18-7-9-20(28)16-23(18)29/h3-4,7,9-12,14,16,19H,2,5-6,8,13,15H2,1H3,(H,30,31,32). The molecule has 1 heterocycles. The maximum atomic E-state index is 13.0. The Bertz CT molecular complexity index is 1410. The molecule has 6 nitrogen and oxygen atoms in total. The quantitative estimate of drug-likeness (QED) is 0.390. The Morgan fingerprint density at radius 2 is 1.83 bits per heavy atom. The van der Waals surface area contributed by atoms with Gasteiger partial charge in [-0.2, -0.15) is 0 Å². The van der Waals surface area contributed by atoms with Crippen LogP contribution in [-0.4, -0.2) is 30.8 Å². The summed E-state index contributed by atoms with van der Waals surface area (Å²) in [5.41, 5.74) is 2.95. The van der Waals surface area contributed by atoms with Gasteiger partial charge < -0.3 is 5.32 Å². The third-order valence-corrected chi connectivity index (χ3v) is 8.75. The largest absolute Gasteiger partial charge is 0.310 e. The minimum absolute atomic E-state index is 0.0246. The topological polar surface area (TPSA) is 93.2 Å². The molecule has 1 aliphatic carbocycles. The number of ketones is 1. The summed E-state index contributed by atoms with van der Waals surface area (Å²) in [6, 6.07) is 15.1. The Morgan fingerprint density at radius 1 is 1.08 bits per heavy atom. The number of halogens is 2. The first-order chi connectivity index (χ1) is 17.2. The van der Waals surface area contributed by atoms with E-state index in [0.29, 0.717) is 58.4 Å². The van der Waals surface area contributed by atoms with Gasteiger partial charge in [0.15, 0.2) is 15.6 Å². The fourth-order valence-electron chi connectivity index (χ4n) is 4.33. The van der Waals surface area contributed by atoms with Crippen molar-refractivity contribution in [3.05, 3.63) is 87.0 Å². The Morgan fingerprint density at radius 3 is 2.53 bits per heavy atom. The second kappa shape index (κ2) is 11.1. The fourth-order valence-corrected chi connectivity index (χ4v) is 5.72. The van der Waals surface area contributed by atoms with Crippen LogP contribution in [0.1, 0.15) is 46.9 Å². The molecule has 1 aromatic heterocycles. The molecule has 0 radical (unpaired) electrons. The summed E-state index contributed by atoms with van der Waals surface area (Å²) in [5, 5.41) is 3.97. The molecule has 36 heavy (non-hydrogen) atoms. The average molecular weight is 545 g/mol. The highest BCUT2D eigenvalue weighted by Crippen LogP contribution is 2.30. The van der Waals surface area contributed by atoms with Gasteiger partial charge in [0.25, 0.3) is 0 Å². The zero-order valence-electron chi connectivity index (χ0n) is 19.8. The van der Waals surface area contributed by atoms with E-state index in [1.807, 2.05) is 6.07 Å². The second-order valence-corrected chi connectivity index (χ2v) is 12.0. The summed E-state index contributed by atoms with van der Waals surface area (Å²) in [4.78, 5) is 30.3. The maximum absolute atomic E-state index is 13.0. The van der Waals surface area contributed by atoms with E-state index in [4.69, 9.17) is 23.2 Å². The normalized spacial score (nSPS) is 15.4. The van der Waals surface area contributed by atoms with E-state index in [0.717, 1.165) is 5.56 Å². The van der Waals surface area contributed by atoms with E-state index in [2.05, 4.69) is 10.3 Å². The number of hydrogen-bond acceptors (Lipinski definition) is 5. The van der Waals surface area contributed by atoms with Crippen LogP contribution in [0.4, 0.5) is 5.82 Å². The number of pyridine rings is 1. The molecule has 0 fully saturated rings. The molecule has 1 atom stereocenters. The first-order valence-electron chi connectivity index (χ1n) is 11.8. The number of fused-ring (bicyclic) bond motifs is 1. The summed E-state index contributed by atoms with van der Waals surface area (Å²) in [5.74, 6) is 0.105. The highest BCUT2D eigenvalue weighted by Gasteiger charge is 2.28. The molecule has 0 saturated heterocycles. The molecule has 1 amide bonds. The number of carbonyl (C=O) groups is 2. The van der Waals surface area contributed by atoms with E-state index in [9.17, 15) is 18.0 Å². The zero-order chi connectivity index (χ0) is 25.9. The van der Waals surface area contributed by atoms with Crippen molar-refractivity contribution in [1.82, 2.24) is 4.98 Å². The summed E-state index contributed by atoms with van der Waals surface area (Å²) in [6.45, 7) is 1.59. The van der Waals surface area contributed by atoms with Gasteiger partial charge in [0, 0.05) is 21.5 Å². The molecule has 0 spiro atoms. The van der Waals surface area contributed by atoms with Gasteiger partial charge in [-0.15, -0.1) is 0 Å². The van der Waals surface area contributed by atoms with E-state index in [-0.39, 0.29) is 34.7 Å². The monoisotopic (exact) mass is 544 g/mol. The van der Waals surface area contributed by atoms with Gasteiger partial charge in [-0.25, -0.2) is 13.4 Å². The highest BCUT2D eigenvalue weighted by molar-refractivity contribution is 7.91. The van der Waals surface area contributed by atoms with Crippen LogP contribution in [0.5, 0.6) is 0 Å². The molecule has 1 N–H and O–H groups in total. The number of anilines is 1. The van der Waals surface area contributed by atoms with E-state index in [1.54, 1.807) is 43.3 Å². The molecule has 0 saturated carbocycles. The molecular weight excluding hydrogens is 519 g/mol. The molecule has 1 aliphatic rings. The molecular formula is C27H26Cl2N2O4S. The Kier molecular flexibility index (Phi) is 8.13. The van der Waals surface area contributed by atoms with Crippen LogP contribution in [-0.2, 0) is 33.9 Å². The molecule has 0 bridgehead atoms. The number of sulfone groups is 1. The van der Waals surface area contributed by atoms with Gasteiger partial charge in [-0.1, -0.05) is 48.3 Å². The second-order valence-electron chi connectivity index (χ2n) is 8.84. The van der Waals surface area contributed by atoms with Crippen LogP contribution in [0.3, 0.4) is 0 Å². The van der Waals surface area contributed by atoms with Gasteiger partial charge in [0.2, 0.25) is 5.91 Å². The predicted octanol–water partition coefficient (Wildman–Crippen LogP) is 5.74. The van der Waals surface area contributed by atoms with Crippen LogP contribution < -0.4 is 5.32 Å². The van der Waals surface area contributed by atoms with Gasteiger partial charge in [-0.05, 0) is 73.2 Å². The van der Waals surface area contributed by atoms with Crippen LogP contribution in [0, 0.1) is 5.92 Å². The van der Waals surface area contributed by atoms with Crippen molar-refractivity contribution in [3.8, 4) is 0 Å². The van der Waals surface area contributed by atoms with Crippen LogP contribution in [0.2, 0.25) is 10.0 Å². The number of hydrogen-bond donors (Lipinski definition) is 1. The molecule has 188 valence electrons. The van der Waals surface area contributed by atoms with E-state index < -0.39 is 9.84 Å². The number of amides is 1. The van der Waals surface area contributed by atoms with Crippen molar-refractivity contribution in [2.45, 2.75) is 43.9 Å². The number of aryl methyl sites for hydroxylation is 2. The molecule has 2 aromatic carbocycles. The van der Waals surface area contributed by atoms with Crippen molar-refractivity contribution in [2.75, 3.05) is 11.1 Å². The number of carbonyl (C=O) groups excluding carboxylic acids is 2. The van der Waals surface area contributed by atoms with E-state index >= 15 is 0 Å². The summed E-state index contributed by atoms with van der Waals surface area (Å²) in [6.07, 6.45) is 2.80. The Hall–Kier alpha value is -2.74. The Balaban J connectivity index is 1.36. The van der Waals surface area contributed by atoms with Crippen molar-refractivity contribution in [2.24, 2.45) is 5.92 Å². The summed E-state index contributed by atoms with van der Waals surface area (Å²) >= 11 is 12.2. The van der Waals surface area contributed by atoms with Gasteiger partial charge in [0.1, 0.15) is 5.82 Å². The third-order valence-electron chi connectivity index (χ3n) is 6.41. The SMILES string of the molecule is CCS(=O)(=O)c1ccc(CC(=O)Nc2ccc3c(n2)CCC(CCc2ccc(Cl)cc2Cl)C3=O)cc1. The number of nitrogens with zero attached hydrogens (tertiary/aromatic N) is 1. The van der Waals surface area contributed by atoms with E-state index in [1.165, 1.54) is 12.1 Å². The number of aromatic nitrogens is 1. The van der Waals surface area contributed by atoms with Crippen molar-refractivity contribution in [3.63, 3.8) is 0 Å². The molecule has 4 rings (SSSR count). The lowest BCUT2D eigenvalue weighted by Crippen LogP contribution is -2.25. The first-order valence-corrected chi connectivity index (χ1v) is 14.2. The van der Waals surface area contributed by atoms with Crippen molar-refractivity contribution >= 4 is 50.5 Å². The zero-order valence-corrected chi connectivity index (χ0v) is 22.1. The average Bonchev–Trinajstić information content (AvgIpc) is 2.85. The van der Waals surface area contributed by atoms with Gasteiger partial charge in [0.05, 0.1) is 22.8 Å².